The van der Waals surface area contributed by atoms with E-state index >= 15 is 0 Å². The first-order valence-corrected chi connectivity index (χ1v) is 6.04. The number of nitrogens with one attached hydrogen (secondary N) is 1. The Morgan fingerprint density at radius 1 is 1.38 bits per heavy atom. The highest BCUT2D eigenvalue weighted by Crippen LogP contribution is 2.22. The Hall–Kier alpha value is 0.180. The van der Waals surface area contributed by atoms with Crippen LogP contribution in [0, 0.1) is 5.92 Å². The van der Waals surface area contributed by atoms with Crippen molar-refractivity contribution in [3.8, 4) is 0 Å². The molecule has 1 rings (SSSR count). The maximum atomic E-state index is 3.83. The number of hydrogen-bond donors (Lipinski definition) is 1. The Balaban J connectivity index is 2.22. The molecule has 1 aliphatic rings. The largest absolute Gasteiger partial charge is 0.309 e. The third kappa shape index (κ3) is 4.82. The monoisotopic (exact) mass is 245 g/mol. The molecule has 1 fully saturated rings. The first kappa shape index (κ1) is 11.3. The summed E-state index contributed by atoms with van der Waals surface area (Å²) in [5, 5.41) is 3.54. The molecule has 0 aromatic rings. The van der Waals surface area contributed by atoms with Gasteiger partial charge in [0, 0.05) is 17.1 Å². The smallest absolute Gasteiger partial charge is 0.0268 e. The number of rotatable bonds is 3. The molecule has 2 atom stereocenters. The summed E-state index contributed by atoms with van der Waals surface area (Å²) >= 11 is 3.38. The normalized spacial score (nSPS) is 29.7. The van der Waals surface area contributed by atoms with Crippen LogP contribution in [0.25, 0.3) is 0 Å². The predicted octanol–water partition coefficient (Wildman–Crippen LogP) is 3.45. The fourth-order valence-corrected chi connectivity index (χ4v) is 2.11. The minimum absolute atomic E-state index is 0.722. The van der Waals surface area contributed by atoms with Gasteiger partial charge in [-0.15, -0.1) is 0 Å². The number of halogens is 1. The molecule has 1 nitrogen and oxygen atoms in total. The lowest BCUT2D eigenvalue weighted by Gasteiger charge is -2.15. The summed E-state index contributed by atoms with van der Waals surface area (Å²) in [5.74, 6) is 0.930. The first-order valence-electron chi connectivity index (χ1n) is 5.25. The molecule has 1 aliphatic carbocycles. The van der Waals surface area contributed by atoms with Crippen molar-refractivity contribution in [3.63, 3.8) is 0 Å². The molecule has 1 N–H and O–H groups in total. The summed E-state index contributed by atoms with van der Waals surface area (Å²) in [6.07, 6.45) is 6.85. The molecule has 0 heterocycles. The predicted molar refractivity (Wildman–Crippen MR) is 62.1 cm³/mol. The topological polar surface area (TPSA) is 12.0 Å². The second-order valence-electron chi connectivity index (χ2n) is 4.21. The van der Waals surface area contributed by atoms with Crippen molar-refractivity contribution in [2.75, 3.05) is 6.54 Å². The highest BCUT2D eigenvalue weighted by molar-refractivity contribution is 9.11. The Morgan fingerprint density at radius 2 is 2.15 bits per heavy atom. The standard InChI is InChI=1S/C11H20BrN/c1-9-4-3-5-11(7-6-9)13-8-10(2)12/h9,11,13H,2-8H2,1H3. The van der Waals surface area contributed by atoms with Crippen LogP contribution in [-0.4, -0.2) is 12.6 Å². The molecule has 1 saturated carbocycles. The lowest BCUT2D eigenvalue weighted by Crippen LogP contribution is -2.29. The molecule has 2 unspecified atom stereocenters. The summed E-state index contributed by atoms with van der Waals surface area (Å²) in [6, 6.07) is 0.722. The van der Waals surface area contributed by atoms with Crippen molar-refractivity contribution in [2.45, 2.75) is 45.1 Å². The summed E-state index contributed by atoms with van der Waals surface area (Å²) in [7, 11) is 0. The van der Waals surface area contributed by atoms with Crippen LogP contribution in [-0.2, 0) is 0 Å². The van der Waals surface area contributed by atoms with Crippen molar-refractivity contribution >= 4 is 15.9 Å². The van der Waals surface area contributed by atoms with E-state index in [0.29, 0.717) is 0 Å². The van der Waals surface area contributed by atoms with E-state index in [1.54, 1.807) is 0 Å². The Bertz CT molecular complexity index is 167. The molecule has 0 saturated heterocycles. The van der Waals surface area contributed by atoms with Gasteiger partial charge in [-0.05, 0) is 25.2 Å². The second-order valence-corrected chi connectivity index (χ2v) is 5.33. The molecule has 0 aliphatic heterocycles. The van der Waals surface area contributed by atoms with Crippen LogP contribution < -0.4 is 5.32 Å². The van der Waals surface area contributed by atoms with Gasteiger partial charge in [-0.1, -0.05) is 42.3 Å². The Morgan fingerprint density at radius 3 is 2.85 bits per heavy atom. The van der Waals surface area contributed by atoms with E-state index in [-0.39, 0.29) is 0 Å². The molecule has 0 aromatic heterocycles. The van der Waals surface area contributed by atoms with E-state index in [2.05, 4.69) is 34.7 Å². The summed E-state index contributed by atoms with van der Waals surface area (Å²) in [4.78, 5) is 0. The van der Waals surface area contributed by atoms with E-state index in [9.17, 15) is 0 Å². The molecule has 13 heavy (non-hydrogen) atoms. The maximum absolute atomic E-state index is 3.83. The minimum Gasteiger partial charge on any atom is -0.309 e. The zero-order valence-corrected chi connectivity index (χ0v) is 10.1. The average Bonchev–Trinajstić information content (AvgIpc) is 2.27. The van der Waals surface area contributed by atoms with Crippen molar-refractivity contribution in [1.82, 2.24) is 5.32 Å². The average molecular weight is 246 g/mol. The van der Waals surface area contributed by atoms with Gasteiger partial charge >= 0.3 is 0 Å². The molecule has 0 spiro atoms. The highest BCUT2D eigenvalue weighted by atomic mass is 79.9. The van der Waals surface area contributed by atoms with E-state index in [1.807, 2.05) is 0 Å². The van der Waals surface area contributed by atoms with Crippen molar-refractivity contribution < 1.29 is 0 Å². The van der Waals surface area contributed by atoms with Crippen LogP contribution in [0.3, 0.4) is 0 Å². The van der Waals surface area contributed by atoms with Gasteiger partial charge in [-0.3, -0.25) is 0 Å². The van der Waals surface area contributed by atoms with Crippen LogP contribution in [0.4, 0.5) is 0 Å². The minimum atomic E-state index is 0.722. The molecule has 0 aromatic carbocycles. The van der Waals surface area contributed by atoms with Gasteiger partial charge in [0.05, 0.1) is 0 Å². The van der Waals surface area contributed by atoms with Gasteiger partial charge in [0.2, 0.25) is 0 Å². The fraction of sp³-hybridized carbons (Fsp3) is 0.818. The van der Waals surface area contributed by atoms with Crippen LogP contribution in [0.2, 0.25) is 0 Å². The van der Waals surface area contributed by atoms with Crippen LogP contribution in [0.15, 0.2) is 11.1 Å². The van der Waals surface area contributed by atoms with Gasteiger partial charge in [0.15, 0.2) is 0 Å². The zero-order valence-electron chi connectivity index (χ0n) is 8.48. The summed E-state index contributed by atoms with van der Waals surface area (Å²) < 4.78 is 1.06. The van der Waals surface area contributed by atoms with E-state index in [4.69, 9.17) is 0 Å². The van der Waals surface area contributed by atoms with Crippen molar-refractivity contribution in [1.29, 1.82) is 0 Å². The van der Waals surface area contributed by atoms with Gasteiger partial charge in [0.1, 0.15) is 0 Å². The fourth-order valence-electron chi connectivity index (χ4n) is 1.95. The van der Waals surface area contributed by atoms with Crippen LogP contribution in [0.5, 0.6) is 0 Å². The van der Waals surface area contributed by atoms with E-state index in [0.717, 1.165) is 23.0 Å². The van der Waals surface area contributed by atoms with E-state index in [1.165, 1.54) is 32.1 Å². The Labute approximate surface area is 90.1 Å². The summed E-state index contributed by atoms with van der Waals surface area (Å²) in [6.45, 7) is 7.11. The van der Waals surface area contributed by atoms with Gasteiger partial charge < -0.3 is 5.32 Å². The van der Waals surface area contributed by atoms with Gasteiger partial charge in [-0.25, -0.2) is 0 Å². The third-order valence-corrected chi connectivity index (χ3v) is 3.12. The Kier molecular flexibility index (Phi) is 5.04. The molecular formula is C11H20BrN. The van der Waals surface area contributed by atoms with Crippen molar-refractivity contribution in [3.05, 3.63) is 11.1 Å². The highest BCUT2D eigenvalue weighted by Gasteiger charge is 2.15. The molecule has 2 heteroatoms. The third-order valence-electron chi connectivity index (χ3n) is 2.84. The molecular weight excluding hydrogens is 226 g/mol. The van der Waals surface area contributed by atoms with Gasteiger partial charge in [0.25, 0.3) is 0 Å². The van der Waals surface area contributed by atoms with Crippen LogP contribution >= 0.6 is 15.9 Å². The lowest BCUT2D eigenvalue weighted by atomic mass is 10.0. The first-order chi connectivity index (χ1) is 6.18. The SMILES string of the molecule is C=C(Br)CNC1CCCC(C)CC1. The lowest BCUT2D eigenvalue weighted by molar-refractivity contribution is 0.464. The van der Waals surface area contributed by atoms with Crippen LogP contribution in [0.1, 0.15) is 39.0 Å². The zero-order chi connectivity index (χ0) is 9.68. The second kappa shape index (κ2) is 5.82. The molecule has 0 amide bonds. The quantitative estimate of drug-likeness (QED) is 0.752. The summed E-state index contributed by atoms with van der Waals surface area (Å²) in [5.41, 5.74) is 0. The molecule has 0 radical (unpaired) electrons. The maximum Gasteiger partial charge on any atom is 0.0268 e. The van der Waals surface area contributed by atoms with Crippen molar-refractivity contribution in [2.24, 2.45) is 5.92 Å². The van der Waals surface area contributed by atoms with Gasteiger partial charge in [-0.2, -0.15) is 0 Å². The molecule has 76 valence electrons. The molecule has 0 bridgehead atoms. The van der Waals surface area contributed by atoms with E-state index < -0.39 is 0 Å². The number of hydrogen-bond acceptors (Lipinski definition) is 1.